The SMILES string of the molecule is CCCc1nn(Cc2ccccc2Cl)c(Cl)c1CCl. The van der Waals surface area contributed by atoms with E-state index < -0.39 is 0 Å². The summed E-state index contributed by atoms with van der Waals surface area (Å²) in [6.45, 7) is 2.67. The van der Waals surface area contributed by atoms with Crippen LogP contribution in [0, 0.1) is 0 Å². The van der Waals surface area contributed by atoms with Crippen LogP contribution in [-0.2, 0) is 18.8 Å². The zero-order valence-corrected chi connectivity index (χ0v) is 12.9. The fourth-order valence-electron chi connectivity index (χ4n) is 1.99. The summed E-state index contributed by atoms with van der Waals surface area (Å²) in [6, 6.07) is 7.70. The van der Waals surface area contributed by atoms with E-state index in [9.17, 15) is 0 Å². The minimum Gasteiger partial charge on any atom is -0.249 e. The number of hydrogen-bond donors (Lipinski definition) is 0. The molecule has 0 bridgehead atoms. The zero-order valence-electron chi connectivity index (χ0n) is 10.7. The Kier molecular flexibility index (Phi) is 5.14. The van der Waals surface area contributed by atoms with E-state index in [1.807, 2.05) is 24.3 Å². The van der Waals surface area contributed by atoms with Crippen molar-refractivity contribution in [3.05, 3.63) is 51.3 Å². The molecule has 0 aliphatic carbocycles. The Hall–Kier alpha value is -0.700. The molecular weight excluding hydrogens is 303 g/mol. The first kappa shape index (κ1) is 14.7. The Bertz CT molecular complexity index is 564. The molecule has 2 nitrogen and oxygen atoms in total. The van der Waals surface area contributed by atoms with E-state index in [2.05, 4.69) is 12.0 Å². The molecule has 2 aromatic rings. The van der Waals surface area contributed by atoms with E-state index in [4.69, 9.17) is 34.8 Å². The van der Waals surface area contributed by atoms with Crippen LogP contribution in [0.4, 0.5) is 0 Å². The van der Waals surface area contributed by atoms with Gasteiger partial charge in [0, 0.05) is 10.6 Å². The van der Waals surface area contributed by atoms with Crippen LogP contribution in [0.3, 0.4) is 0 Å². The molecule has 0 atom stereocenters. The fourth-order valence-corrected chi connectivity index (χ4v) is 2.81. The van der Waals surface area contributed by atoms with Gasteiger partial charge in [0.15, 0.2) is 0 Å². The Morgan fingerprint density at radius 2 is 1.95 bits per heavy atom. The standard InChI is InChI=1S/C14H15Cl3N2/c1-2-5-13-11(8-15)14(17)19(18-13)9-10-6-3-4-7-12(10)16/h3-4,6-7H,2,5,8-9H2,1H3. The van der Waals surface area contributed by atoms with E-state index >= 15 is 0 Å². The van der Waals surface area contributed by atoms with Crippen molar-refractivity contribution >= 4 is 34.8 Å². The molecule has 0 spiro atoms. The number of alkyl halides is 1. The predicted octanol–water partition coefficient (Wildman–Crippen LogP) is 4.93. The lowest BCUT2D eigenvalue weighted by atomic mass is 10.2. The van der Waals surface area contributed by atoms with Gasteiger partial charge < -0.3 is 0 Å². The lowest BCUT2D eigenvalue weighted by Gasteiger charge is -2.05. The minimum absolute atomic E-state index is 0.386. The van der Waals surface area contributed by atoms with Crippen LogP contribution in [-0.4, -0.2) is 9.78 Å². The summed E-state index contributed by atoms with van der Waals surface area (Å²) in [5.74, 6) is 0.386. The maximum absolute atomic E-state index is 6.34. The Labute approximate surface area is 128 Å². The van der Waals surface area contributed by atoms with Gasteiger partial charge in [0.25, 0.3) is 0 Å². The van der Waals surface area contributed by atoms with E-state index in [1.54, 1.807) is 4.68 Å². The van der Waals surface area contributed by atoms with E-state index in [1.165, 1.54) is 0 Å². The zero-order chi connectivity index (χ0) is 13.8. The molecule has 19 heavy (non-hydrogen) atoms. The maximum atomic E-state index is 6.34. The van der Waals surface area contributed by atoms with Gasteiger partial charge in [-0.15, -0.1) is 11.6 Å². The van der Waals surface area contributed by atoms with Crippen LogP contribution in [0.25, 0.3) is 0 Å². The highest BCUT2D eigenvalue weighted by Gasteiger charge is 2.15. The van der Waals surface area contributed by atoms with Crippen molar-refractivity contribution in [2.45, 2.75) is 32.2 Å². The second-order valence-corrected chi connectivity index (χ2v) is 5.38. The molecule has 0 aliphatic rings. The molecule has 1 heterocycles. The van der Waals surface area contributed by atoms with Crippen LogP contribution in [0.5, 0.6) is 0 Å². The molecular formula is C14H15Cl3N2. The molecule has 0 radical (unpaired) electrons. The molecule has 0 N–H and O–H groups in total. The summed E-state index contributed by atoms with van der Waals surface area (Å²) in [7, 11) is 0. The average molecular weight is 318 g/mol. The minimum atomic E-state index is 0.386. The monoisotopic (exact) mass is 316 g/mol. The fraction of sp³-hybridized carbons (Fsp3) is 0.357. The molecule has 102 valence electrons. The van der Waals surface area contributed by atoms with E-state index in [0.717, 1.165) is 34.7 Å². The second kappa shape index (κ2) is 6.65. The molecule has 0 amide bonds. The maximum Gasteiger partial charge on any atom is 0.132 e. The van der Waals surface area contributed by atoms with Gasteiger partial charge in [-0.2, -0.15) is 5.10 Å². The van der Waals surface area contributed by atoms with Crippen molar-refractivity contribution in [2.24, 2.45) is 0 Å². The molecule has 0 saturated heterocycles. The summed E-state index contributed by atoms with van der Waals surface area (Å²) in [5.41, 5.74) is 2.91. The van der Waals surface area contributed by atoms with Gasteiger partial charge in [-0.1, -0.05) is 54.7 Å². The molecule has 0 saturated carbocycles. The highest BCUT2D eigenvalue weighted by Crippen LogP contribution is 2.25. The normalized spacial score (nSPS) is 10.9. The number of halogens is 3. The summed E-state index contributed by atoms with van der Waals surface area (Å²) < 4.78 is 1.77. The summed E-state index contributed by atoms with van der Waals surface area (Å²) in [5, 5.41) is 5.88. The first-order chi connectivity index (χ1) is 9.17. The number of aryl methyl sites for hydroxylation is 1. The van der Waals surface area contributed by atoms with Crippen molar-refractivity contribution in [2.75, 3.05) is 0 Å². The second-order valence-electron chi connectivity index (χ2n) is 4.35. The molecule has 0 unspecified atom stereocenters. The van der Waals surface area contributed by atoms with Crippen molar-refractivity contribution in [1.82, 2.24) is 9.78 Å². The van der Waals surface area contributed by atoms with Gasteiger partial charge in [0.1, 0.15) is 5.15 Å². The van der Waals surface area contributed by atoms with Gasteiger partial charge in [0.2, 0.25) is 0 Å². The predicted molar refractivity (Wildman–Crippen MR) is 81.3 cm³/mol. The Morgan fingerprint density at radius 3 is 2.58 bits per heavy atom. The van der Waals surface area contributed by atoms with Crippen molar-refractivity contribution < 1.29 is 0 Å². The van der Waals surface area contributed by atoms with Crippen LogP contribution in [0.2, 0.25) is 10.2 Å². The lowest BCUT2D eigenvalue weighted by Crippen LogP contribution is -2.03. The lowest BCUT2D eigenvalue weighted by molar-refractivity contribution is 0.669. The van der Waals surface area contributed by atoms with Crippen LogP contribution in [0.1, 0.15) is 30.2 Å². The third-order valence-corrected chi connectivity index (χ3v) is 4.02. The molecule has 5 heteroatoms. The highest BCUT2D eigenvalue weighted by molar-refractivity contribution is 6.32. The Balaban J connectivity index is 2.33. The van der Waals surface area contributed by atoms with Gasteiger partial charge in [-0.25, -0.2) is 4.68 Å². The average Bonchev–Trinajstić information content (AvgIpc) is 2.69. The molecule has 2 rings (SSSR count). The van der Waals surface area contributed by atoms with Crippen LogP contribution in [0.15, 0.2) is 24.3 Å². The van der Waals surface area contributed by atoms with Crippen LogP contribution >= 0.6 is 34.8 Å². The number of aromatic nitrogens is 2. The van der Waals surface area contributed by atoms with E-state index in [-0.39, 0.29) is 0 Å². The summed E-state index contributed by atoms with van der Waals surface area (Å²) in [6.07, 6.45) is 1.90. The summed E-state index contributed by atoms with van der Waals surface area (Å²) >= 11 is 18.5. The molecule has 0 aliphatic heterocycles. The third-order valence-electron chi connectivity index (χ3n) is 2.96. The Morgan fingerprint density at radius 1 is 1.21 bits per heavy atom. The number of benzene rings is 1. The van der Waals surface area contributed by atoms with Gasteiger partial charge in [-0.05, 0) is 18.1 Å². The van der Waals surface area contributed by atoms with Crippen molar-refractivity contribution in [3.63, 3.8) is 0 Å². The first-order valence-corrected chi connectivity index (χ1v) is 7.49. The molecule has 1 aromatic heterocycles. The van der Waals surface area contributed by atoms with E-state index in [0.29, 0.717) is 17.6 Å². The number of hydrogen-bond acceptors (Lipinski definition) is 1. The van der Waals surface area contributed by atoms with Crippen molar-refractivity contribution in [3.8, 4) is 0 Å². The molecule has 0 fully saturated rings. The number of nitrogens with zero attached hydrogens (tertiary/aromatic N) is 2. The quantitative estimate of drug-likeness (QED) is 0.715. The third kappa shape index (κ3) is 3.25. The molecule has 1 aromatic carbocycles. The largest absolute Gasteiger partial charge is 0.249 e. The first-order valence-electron chi connectivity index (χ1n) is 6.20. The number of rotatable bonds is 5. The summed E-state index contributed by atoms with van der Waals surface area (Å²) in [4.78, 5) is 0. The smallest absolute Gasteiger partial charge is 0.132 e. The van der Waals surface area contributed by atoms with Crippen LogP contribution < -0.4 is 0 Å². The van der Waals surface area contributed by atoms with Crippen molar-refractivity contribution in [1.29, 1.82) is 0 Å². The van der Waals surface area contributed by atoms with Gasteiger partial charge in [-0.3, -0.25) is 0 Å². The van der Waals surface area contributed by atoms with Gasteiger partial charge >= 0.3 is 0 Å². The van der Waals surface area contributed by atoms with Gasteiger partial charge in [0.05, 0.1) is 18.1 Å². The highest BCUT2D eigenvalue weighted by atomic mass is 35.5. The topological polar surface area (TPSA) is 17.8 Å².